The molecule has 0 aromatic heterocycles. The standard InChI is InChI=1S/C27H30O6/c28-24-23(19-30-16-20-10-4-1-5-11-20)33-27(29)26(32-18-22-14-8-3-9-15-22)25(24)31-17-21-12-6-2-7-13-21/h1-15,23-29H,16-19H2/t23-,24+,25+,26-,27?/m1/s1. The van der Waals surface area contributed by atoms with E-state index in [4.69, 9.17) is 18.9 Å². The van der Waals surface area contributed by atoms with Crippen molar-refractivity contribution < 1.29 is 29.2 Å². The molecule has 0 saturated carbocycles. The van der Waals surface area contributed by atoms with Gasteiger partial charge in [-0.25, -0.2) is 0 Å². The van der Waals surface area contributed by atoms with Crippen LogP contribution in [0.3, 0.4) is 0 Å². The maximum atomic E-state index is 11.1. The highest BCUT2D eigenvalue weighted by Crippen LogP contribution is 2.27. The van der Waals surface area contributed by atoms with Gasteiger partial charge in [-0.05, 0) is 16.7 Å². The van der Waals surface area contributed by atoms with Crippen molar-refractivity contribution in [3.05, 3.63) is 108 Å². The third-order valence-corrected chi connectivity index (χ3v) is 5.60. The van der Waals surface area contributed by atoms with Gasteiger partial charge < -0.3 is 29.2 Å². The van der Waals surface area contributed by atoms with Crippen LogP contribution in [0.5, 0.6) is 0 Å². The maximum absolute atomic E-state index is 11.1. The molecule has 0 radical (unpaired) electrons. The second kappa shape index (κ2) is 12.0. The first-order chi connectivity index (χ1) is 16.2. The molecule has 174 valence electrons. The van der Waals surface area contributed by atoms with E-state index in [1.165, 1.54) is 0 Å². The minimum Gasteiger partial charge on any atom is -0.387 e. The van der Waals surface area contributed by atoms with Gasteiger partial charge in [0.05, 0.1) is 26.4 Å². The van der Waals surface area contributed by atoms with Gasteiger partial charge in [-0.3, -0.25) is 0 Å². The number of rotatable bonds is 10. The molecule has 1 saturated heterocycles. The number of aliphatic hydroxyl groups is 2. The molecule has 1 unspecified atom stereocenters. The molecule has 5 atom stereocenters. The quantitative estimate of drug-likeness (QED) is 0.493. The van der Waals surface area contributed by atoms with Crippen molar-refractivity contribution in [3.63, 3.8) is 0 Å². The average Bonchev–Trinajstić information content (AvgIpc) is 2.86. The van der Waals surface area contributed by atoms with E-state index in [1.807, 2.05) is 91.0 Å². The predicted octanol–water partition coefficient (Wildman–Crippen LogP) is 3.45. The molecule has 0 aliphatic carbocycles. The molecule has 0 amide bonds. The summed E-state index contributed by atoms with van der Waals surface area (Å²) in [7, 11) is 0. The predicted molar refractivity (Wildman–Crippen MR) is 123 cm³/mol. The van der Waals surface area contributed by atoms with E-state index in [2.05, 4.69) is 0 Å². The van der Waals surface area contributed by atoms with Crippen LogP contribution in [0.2, 0.25) is 0 Å². The largest absolute Gasteiger partial charge is 0.387 e. The fraction of sp³-hybridized carbons (Fsp3) is 0.333. The Labute approximate surface area is 194 Å². The normalized spacial score (nSPS) is 25.1. The van der Waals surface area contributed by atoms with Crippen LogP contribution in [0.4, 0.5) is 0 Å². The molecule has 3 aromatic carbocycles. The molecule has 0 spiro atoms. The Bertz CT molecular complexity index is 937. The minimum absolute atomic E-state index is 0.115. The summed E-state index contributed by atoms with van der Waals surface area (Å²) in [6, 6.07) is 29.1. The van der Waals surface area contributed by atoms with Gasteiger partial charge in [0.1, 0.15) is 24.4 Å². The van der Waals surface area contributed by atoms with E-state index in [0.717, 1.165) is 16.7 Å². The number of benzene rings is 3. The Morgan fingerprint density at radius 2 is 1.06 bits per heavy atom. The SMILES string of the molecule is OC1O[C@H](COCc2ccccc2)[C@H](O)[C@H](OCc2ccccc2)[C@H]1OCc1ccccc1. The zero-order valence-electron chi connectivity index (χ0n) is 18.4. The van der Waals surface area contributed by atoms with Gasteiger partial charge in [0.25, 0.3) is 0 Å². The smallest absolute Gasteiger partial charge is 0.184 e. The van der Waals surface area contributed by atoms with Crippen LogP contribution >= 0.6 is 0 Å². The summed E-state index contributed by atoms with van der Waals surface area (Å²) in [5.74, 6) is 0. The summed E-state index contributed by atoms with van der Waals surface area (Å²) in [6.07, 6.45) is -4.68. The van der Waals surface area contributed by atoms with Crippen LogP contribution in [-0.4, -0.2) is 47.5 Å². The fourth-order valence-corrected chi connectivity index (χ4v) is 3.81. The highest BCUT2D eigenvalue weighted by molar-refractivity contribution is 5.15. The molecular weight excluding hydrogens is 420 g/mol. The summed E-state index contributed by atoms with van der Waals surface area (Å²) in [6.45, 7) is 1.04. The molecule has 4 rings (SSSR count). The van der Waals surface area contributed by atoms with Crippen molar-refractivity contribution in [2.75, 3.05) is 6.61 Å². The maximum Gasteiger partial charge on any atom is 0.184 e. The molecule has 6 heteroatoms. The summed E-state index contributed by atoms with van der Waals surface area (Å²) < 4.78 is 23.5. The van der Waals surface area contributed by atoms with Gasteiger partial charge in [-0.1, -0.05) is 91.0 Å². The van der Waals surface area contributed by atoms with Crippen molar-refractivity contribution in [1.29, 1.82) is 0 Å². The first-order valence-electron chi connectivity index (χ1n) is 11.1. The Balaban J connectivity index is 1.41. The van der Waals surface area contributed by atoms with Crippen LogP contribution in [0.1, 0.15) is 16.7 Å². The van der Waals surface area contributed by atoms with Crippen molar-refractivity contribution in [3.8, 4) is 0 Å². The van der Waals surface area contributed by atoms with Gasteiger partial charge >= 0.3 is 0 Å². The van der Waals surface area contributed by atoms with Gasteiger partial charge in [-0.15, -0.1) is 0 Å². The van der Waals surface area contributed by atoms with Crippen LogP contribution in [0.25, 0.3) is 0 Å². The molecule has 1 fully saturated rings. The first-order valence-corrected chi connectivity index (χ1v) is 11.1. The Morgan fingerprint density at radius 1 is 0.606 bits per heavy atom. The number of hydrogen-bond acceptors (Lipinski definition) is 6. The monoisotopic (exact) mass is 450 g/mol. The summed E-state index contributed by atoms with van der Waals surface area (Å²) >= 11 is 0. The van der Waals surface area contributed by atoms with Gasteiger partial charge in [0.15, 0.2) is 6.29 Å². The van der Waals surface area contributed by atoms with Crippen molar-refractivity contribution >= 4 is 0 Å². The Kier molecular flexibility index (Phi) is 8.60. The fourth-order valence-electron chi connectivity index (χ4n) is 3.81. The molecular formula is C27H30O6. The molecule has 2 N–H and O–H groups in total. The molecule has 0 bridgehead atoms. The van der Waals surface area contributed by atoms with Gasteiger partial charge in [0.2, 0.25) is 0 Å². The zero-order valence-corrected chi connectivity index (χ0v) is 18.4. The molecule has 1 aliphatic rings. The second-order valence-corrected chi connectivity index (χ2v) is 8.08. The van der Waals surface area contributed by atoms with Crippen LogP contribution < -0.4 is 0 Å². The van der Waals surface area contributed by atoms with E-state index >= 15 is 0 Å². The Hall–Kier alpha value is -2.58. The van der Waals surface area contributed by atoms with Gasteiger partial charge in [-0.2, -0.15) is 0 Å². The van der Waals surface area contributed by atoms with Crippen molar-refractivity contribution in [2.24, 2.45) is 0 Å². The number of aliphatic hydroxyl groups excluding tert-OH is 2. The third kappa shape index (κ3) is 6.71. The first kappa shape index (κ1) is 23.6. The Morgan fingerprint density at radius 3 is 1.58 bits per heavy atom. The van der Waals surface area contributed by atoms with E-state index in [0.29, 0.717) is 6.61 Å². The molecule has 6 nitrogen and oxygen atoms in total. The second-order valence-electron chi connectivity index (χ2n) is 8.08. The zero-order chi connectivity index (χ0) is 22.9. The minimum atomic E-state index is -1.26. The molecule has 1 aliphatic heterocycles. The van der Waals surface area contributed by atoms with E-state index in [1.54, 1.807) is 0 Å². The summed E-state index contributed by atoms with van der Waals surface area (Å²) in [5.41, 5.74) is 2.93. The van der Waals surface area contributed by atoms with E-state index in [9.17, 15) is 10.2 Å². The molecule has 1 heterocycles. The highest BCUT2D eigenvalue weighted by Gasteiger charge is 2.46. The van der Waals surface area contributed by atoms with Crippen LogP contribution in [-0.2, 0) is 38.8 Å². The topological polar surface area (TPSA) is 77.4 Å². The lowest BCUT2D eigenvalue weighted by Gasteiger charge is -2.42. The van der Waals surface area contributed by atoms with E-state index in [-0.39, 0.29) is 19.8 Å². The molecule has 3 aromatic rings. The van der Waals surface area contributed by atoms with E-state index < -0.39 is 30.7 Å². The van der Waals surface area contributed by atoms with Crippen LogP contribution in [0.15, 0.2) is 91.0 Å². The lowest BCUT2D eigenvalue weighted by Crippen LogP contribution is -2.60. The lowest BCUT2D eigenvalue weighted by atomic mass is 9.98. The van der Waals surface area contributed by atoms with Crippen molar-refractivity contribution in [1.82, 2.24) is 0 Å². The highest BCUT2D eigenvalue weighted by atomic mass is 16.7. The molecule has 33 heavy (non-hydrogen) atoms. The number of hydrogen-bond donors (Lipinski definition) is 2. The number of ether oxygens (including phenoxy) is 4. The average molecular weight is 451 g/mol. The van der Waals surface area contributed by atoms with Gasteiger partial charge in [0, 0.05) is 0 Å². The summed E-state index contributed by atoms with van der Waals surface area (Å²) in [5, 5.41) is 21.8. The van der Waals surface area contributed by atoms with Crippen LogP contribution in [0, 0.1) is 0 Å². The van der Waals surface area contributed by atoms with Crippen molar-refractivity contribution in [2.45, 2.75) is 50.5 Å². The summed E-state index contributed by atoms with van der Waals surface area (Å²) in [4.78, 5) is 0. The lowest BCUT2D eigenvalue weighted by molar-refractivity contribution is -0.309. The third-order valence-electron chi connectivity index (χ3n) is 5.60.